The number of nitrogens with zero attached hydrogens (tertiary/aromatic N) is 2. The summed E-state index contributed by atoms with van der Waals surface area (Å²) in [5, 5.41) is 15.7. The first-order valence-corrected chi connectivity index (χ1v) is 8.21. The van der Waals surface area contributed by atoms with Crippen molar-refractivity contribution in [2.45, 2.75) is 31.8 Å². The number of hydrogen-bond donors (Lipinski definition) is 3. The standard InChI is InChI=1S/C18H22N4O2/c1-12-17(21-10-9-19-12)14-6-4-13(5-7-14)16(11-23)22-18(24)15-3-2-8-20-15/h4-7,9-10,15-16,20,23H,2-3,8,11H2,1H3,(H,22,24). The zero-order valence-electron chi connectivity index (χ0n) is 13.7. The number of hydrogen-bond acceptors (Lipinski definition) is 5. The fourth-order valence-corrected chi connectivity index (χ4v) is 2.98. The Balaban J connectivity index is 1.73. The maximum Gasteiger partial charge on any atom is 0.237 e. The molecule has 24 heavy (non-hydrogen) atoms. The molecule has 1 fully saturated rings. The molecule has 2 atom stereocenters. The molecule has 1 aromatic heterocycles. The molecule has 126 valence electrons. The van der Waals surface area contributed by atoms with Crippen LogP contribution in [0.2, 0.25) is 0 Å². The number of carbonyl (C=O) groups excluding carboxylic acids is 1. The van der Waals surface area contributed by atoms with Crippen molar-refractivity contribution in [3.63, 3.8) is 0 Å². The quantitative estimate of drug-likeness (QED) is 0.772. The molecule has 0 bridgehead atoms. The summed E-state index contributed by atoms with van der Waals surface area (Å²) in [5.74, 6) is -0.0552. The maximum absolute atomic E-state index is 12.2. The van der Waals surface area contributed by atoms with E-state index in [1.807, 2.05) is 31.2 Å². The summed E-state index contributed by atoms with van der Waals surface area (Å²) in [6, 6.07) is 7.14. The van der Waals surface area contributed by atoms with Gasteiger partial charge in [0.15, 0.2) is 0 Å². The number of aliphatic hydroxyl groups excluding tert-OH is 1. The number of rotatable bonds is 5. The molecule has 0 saturated carbocycles. The van der Waals surface area contributed by atoms with Crippen molar-refractivity contribution in [1.82, 2.24) is 20.6 Å². The van der Waals surface area contributed by atoms with E-state index >= 15 is 0 Å². The number of amides is 1. The topological polar surface area (TPSA) is 87.1 Å². The fourth-order valence-electron chi connectivity index (χ4n) is 2.98. The average Bonchev–Trinajstić information content (AvgIpc) is 3.15. The second-order valence-corrected chi connectivity index (χ2v) is 6.01. The highest BCUT2D eigenvalue weighted by atomic mass is 16.3. The van der Waals surface area contributed by atoms with Crippen LogP contribution in [-0.2, 0) is 4.79 Å². The van der Waals surface area contributed by atoms with Crippen molar-refractivity contribution in [3.8, 4) is 11.3 Å². The van der Waals surface area contributed by atoms with Gasteiger partial charge in [-0.15, -0.1) is 0 Å². The van der Waals surface area contributed by atoms with E-state index in [-0.39, 0.29) is 18.6 Å². The first-order valence-electron chi connectivity index (χ1n) is 8.21. The monoisotopic (exact) mass is 326 g/mol. The van der Waals surface area contributed by atoms with E-state index in [2.05, 4.69) is 20.6 Å². The highest BCUT2D eigenvalue weighted by Crippen LogP contribution is 2.22. The average molecular weight is 326 g/mol. The van der Waals surface area contributed by atoms with E-state index < -0.39 is 6.04 Å². The van der Waals surface area contributed by atoms with Crippen LogP contribution in [-0.4, -0.2) is 40.2 Å². The lowest BCUT2D eigenvalue weighted by atomic mass is 10.0. The minimum atomic E-state index is -0.406. The summed E-state index contributed by atoms with van der Waals surface area (Å²) in [6.45, 7) is 2.65. The molecule has 6 heteroatoms. The molecule has 3 N–H and O–H groups in total. The highest BCUT2D eigenvalue weighted by Gasteiger charge is 2.24. The smallest absolute Gasteiger partial charge is 0.237 e. The summed E-state index contributed by atoms with van der Waals surface area (Å²) in [7, 11) is 0. The Hall–Kier alpha value is -2.31. The van der Waals surface area contributed by atoms with E-state index in [0.29, 0.717) is 0 Å². The molecule has 0 aliphatic carbocycles. The van der Waals surface area contributed by atoms with E-state index in [4.69, 9.17) is 0 Å². The van der Waals surface area contributed by atoms with E-state index in [9.17, 15) is 9.90 Å². The lowest BCUT2D eigenvalue weighted by molar-refractivity contribution is -0.123. The molecule has 1 saturated heterocycles. The van der Waals surface area contributed by atoms with Gasteiger partial charge in [-0.1, -0.05) is 24.3 Å². The van der Waals surface area contributed by atoms with E-state index in [0.717, 1.165) is 41.9 Å². The second kappa shape index (κ2) is 7.51. The van der Waals surface area contributed by atoms with Gasteiger partial charge >= 0.3 is 0 Å². The number of carbonyl (C=O) groups is 1. The van der Waals surface area contributed by atoms with E-state index in [1.165, 1.54) is 0 Å². The Morgan fingerprint density at radius 2 is 2.08 bits per heavy atom. The SMILES string of the molecule is Cc1nccnc1-c1ccc(C(CO)NC(=O)C2CCCN2)cc1. The zero-order chi connectivity index (χ0) is 16.9. The van der Waals surface area contributed by atoms with Crippen LogP contribution in [0.15, 0.2) is 36.7 Å². The minimum Gasteiger partial charge on any atom is -0.394 e. The Bertz CT molecular complexity index is 696. The molecular weight excluding hydrogens is 304 g/mol. The molecule has 0 spiro atoms. The van der Waals surface area contributed by atoms with Gasteiger partial charge in [-0.2, -0.15) is 0 Å². The maximum atomic E-state index is 12.2. The van der Waals surface area contributed by atoms with Crippen LogP contribution in [0.4, 0.5) is 0 Å². The van der Waals surface area contributed by atoms with Crippen molar-refractivity contribution < 1.29 is 9.90 Å². The van der Waals surface area contributed by atoms with Crippen molar-refractivity contribution in [3.05, 3.63) is 47.9 Å². The predicted octanol–water partition coefficient (Wildman–Crippen LogP) is 1.35. The Kier molecular flexibility index (Phi) is 5.17. The Morgan fingerprint density at radius 1 is 1.33 bits per heavy atom. The normalized spacial score (nSPS) is 18.3. The third-order valence-corrected chi connectivity index (χ3v) is 4.34. The van der Waals surface area contributed by atoms with Crippen molar-refractivity contribution >= 4 is 5.91 Å². The van der Waals surface area contributed by atoms with Crippen LogP contribution in [0.1, 0.15) is 30.1 Å². The predicted molar refractivity (Wildman–Crippen MR) is 91.2 cm³/mol. The molecule has 0 radical (unpaired) electrons. The molecule has 2 unspecified atom stereocenters. The largest absolute Gasteiger partial charge is 0.394 e. The number of nitrogens with one attached hydrogen (secondary N) is 2. The van der Waals surface area contributed by atoms with Gasteiger partial charge in [0, 0.05) is 18.0 Å². The number of benzene rings is 1. The van der Waals surface area contributed by atoms with Crippen LogP contribution in [0, 0.1) is 6.92 Å². The van der Waals surface area contributed by atoms with Gasteiger partial charge < -0.3 is 15.7 Å². The summed E-state index contributed by atoms with van der Waals surface area (Å²) >= 11 is 0. The molecule has 2 heterocycles. The third-order valence-electron chi connectivity index (χ3n) is 4.34. The summed E-state index contributed by atoms with van der Waals surface area (Å²) in [5.41, 5.74) is 3.53. The molecule has 1 aliphatic rings. The fraction of sp³-hybridized carbons (Fsp3) is 0.389. The van der Waals surface area contributed by atoms with Crippen LogP contribution in [0.5, 0.6) is 0 Å². The van der Waals surface area contributed by atoms with Gasteiger partial charge in [0.05, 0.1) is 30.1 Å². The molecule has 1 aromatic carbocycles. The lowest BCUT2D eigenvalue weighted by Gasteiger charge is -2.19. The highest BCUT2D eigenvalue weighted by molar-refractivity contribution is 5.82. The van der Waals surface area contributed by atoms with Gasteiger partial charge in [0.1, 0.15) is 0 Å². The Labute approximate surface area is 141 Å². The van der Waals surface area contributed by atoms with Crippen LogP contribution in [0.25, 0.3) is 11.3 Å². The molecule has 1 amide bonds. The molecule has 1 aliphatic heterocycles. The zero-order valence-corrected chi connectivity index (χ0v) is 13.7. The number of aryl methyl sites for hydroxylation is 1. The van der Waals surface area contributed by atoms with Crippen molar-refractivity contribution in [1.29, 1.82) is 0 Å². The van der Waals surface area contributed by atoms with Gasteiger partial charge in [-0.05, 0) is 31.9 Å². The van der Waals surface area contributed by atoms with Gasteiger partial charge in [0.2, 0.25) is 5.91 Å². The minimum absolute atomic E-state index is 0.0552. The van der Waals surface area contributed by atoms with Gasteiger partial charge in [0.25, 0.3) is 0 Å². The Morgan fingerprint density at radius 3 is 2.71 bits per heavy atom. The third kappa shape index (κ3) is 3.60. The van der Waals surface area contributed by atoms with Crippen LogP contribution < -0.4 is 10.6 Å². The second-order valence-electron chi connectivity index (χ2n) is 6.01. The van der Waals surface area contributed by atoms with Gasteiger partial charge in [-0.25, -0.2) is 0 Å². The first-order chi connectivity index (χ1) is 11.7. The number of aliphatic hydroxyl groups is 1. The van der Waals surface area contributed by atoms with Gasteiger partial charge in [-0.3, -0.25) is 14.8 Å². The van der Waals surface area contributed by atoms with Crippen molar-refractivity contribution in [2.24, 2.45) is 0 Å². The molecule has 3 rings (SSSR count). The molecular formula is C18H22N4O2. The van der Waals surface area contributed by atoms with Crippen LogP contribution in [0.3, 0.4) is 0 Å². The van der Waals surface area contributed by atoms with Crippen LogP contribution >= 0.6 is 0 Å². The van der Waals surface area contributed by atoms with Crippen molar-refractivity contribution in [2.75, 3.05) is 13.2 Å². The summed E-state index contributed by atoms with van der Waals surface area (Å²) < 4.78 is 0. The lowest BCUT2D eigenvalue weighted by Crippen LogP contribution is -2.42. The molecule has 2 aromatic rings. The van der Waals surface area contributed by atoms with E-state index in [1.54, 1.807) is 12.4 Å². The summed E-state index contributed by atoms with van der Waals surface area (Å²) in [4.78, 5) is 20.8. The number of aromatic nitrogens is 2. The summed E-state index contributed by atoms with van der Waals surface area (Å²) in [6.07, 6.45) is 5.19. The molecule has 6 nitrogen and oxygen atoms in total. The first kappa shape index (κ1) is 16.5.